The molecule has 2 rings (SSSR count). The van der Waals surface area contributed by atoms with Crippen LogP contribution in [0.4, 0.5) is 0 Å². The second kappa shape index (κ2) is 16.0. The molecule has 0 bridgehead atoms. The molecule has 0 amide bonds. The molecule has 0 radical (unpaired) electrons. The summed E-state index contributed by atoms with van der Waals surface area (Å²) in [5.41, 5.74) is 2.82. The van der Waals surface area contributed by atoms with Gasteiger partial charge in [-0.1, -0.05) is 118 Å². The molecule has 2 aromatic carbocycles. The van der Waals surface area contributed by atoms with Gasteiger partial charge in [-0.3, -0.25) is 4.90 Å². The van der Waals surface area contributed by atoms with Crippen molar-refractivity contribution >= 4 is 0 Å². The van der Waals surface area contributed by atoms with E-state index < -0.39 is 0 Å². The van der Waals surface area contributed by atoms with E-state index >= 15 is 0 Å². The van der Waals surface area contributed by atoms with E-state index in [1.165, 1.54) is 81.9 Å². The van der Waals surface area contributed by atoms with Gasteiger partial charge in [0.25, 0.3) is 0 Å². The zero-order chi connectivity index (χ0) is 20.4. The zero-order valence-corrected chi connectivity index (χ0v) is 18.6. The lowest BCUT2D eigenvalue weighted by molar-refractivity contribution is 0.250. The molecule has 29 heavy (non-hydrogen) atoms. The maximum atomic E-state index is 2.60. The lowest BCUT2D eigenvalue weighted by Crippen LogP contribution is -2.24. The Morgan fingerprint density at radius 3 is 1.62 bits per heavy atom. The highest BCUT2D eigenvalue weighted by molar-refractivity contribution is 5.17. The van der Waals surface area contributed by atoms with E-state index in [1.807, 2.05) is 0 Å². The van der Waals surface area contributed by atoms with Gasteiger partial charge < -0.3 is 0 Å². The Hall–Kier alpha value is -1.86. The van der Waals surface area contributed by atoms with Gasteiger partial charge in [0.15, 0.2) is 0 Å². The molecule has 0 aromatic heterocycles. The highest BCUT2D eigenvalue weighted by Gasteiger charge is 2.07. The van der Waals surface area contributed by atoms with Crippen LogP contribution in [-0.2, 0) is 13.1 Å². The average molecular weight is 392 g/mol. The Labute approximate surface area is 179 Å². The molecule has 0 spiro atoms. The van der Waals surface area contributed by atoms with E-state index in [9.17, 15) is 0 Å². The van der Waals surface area contributed by atoms with Crippen molar-refractivity contribution in [3.63, 3.8) is 0 Å². The Morgan fingerprint density at radius 2 is 1.07 bits per heavy atom. The molecule has 0 saturated heterocycles. The van der Waals surface area contributed by atoms with E-state index in [0.29, 0.717) is 0 Å². The molecule has 0 heterocycles. The van der Waals surface area contributed by atoms with Crippen LogP contribution in [0, 0.1) is 0 Å². The first-order valence-electron chi connectivity index (χ1n) is 11.8. The van der Waals surface area contributed by atoms with Gasteiger partial charge in [-0.2, -0.15) is 0 Å². The SMILES string of the molecule is CCCC/C=C/CCCCCCCCN(Cc1ccccc1)Cc1ccccc1. The van der Waals surface area contributed by atoms with Crippen molar-refractivity contribution in [2.45, 2.75) is 84.2 Å². The van der Waals surface area contributed by atoms with Gasteiger partial charge in [0.2, 0.25) is 0 Å². The van der Waals surface area contributed by atoms with Crippen LogP contribution < -0.4 is 0 Å². The molecular formula is C28H41N. The van der Waals surface area contributed by atoms with Crippen molar-refractivity contribution in [1.82, 2.24) is 4.90 Å². The topological polar surface area (TPSA) is 3.24 Å². The number of rotatable bonds is 16. The van der Waals surface area contributed by atoms with Crippen LogP contribution in [0.3, 0.4) is 0 Å². The van der Waals surface area contributed by atoms with Crippen LogP contribution in [0.15, 0.2) is 72.8 Å². The smallest absolute Gasteiger partial charge is 0.0237 e. The standard InChI is InChI=1S/C28H41N/c1-2-3-4-5-6-7-8-9-10-11-12-19-24-29(25-27-20-15-13-16-21-27)26-28-22-17-14-18-23-28/h5-6,13-18,20-23H,2-4,7-12,19,24-26H2,1H3/b6-5+. The van der Waals surface area contributed by atoms with Crippen LogP contribution in [0.2, 0.25) is 0 Å². The number of hydrogen-bond donors (Lipinski definition) is 0. The minimum atomic E-state index is 1.04. The molecule has 0 aliphatic heterocycles. The summed E-state index contributed by atoms with van der Waals surface area (Å²) in [6.07, 6.45) is 18.1. The molecule has 1 heteroatoms. The lowest BCUT2D eigenvalue weighted by Gasteiger charge is -2.22. The summed E-state index contributed by atoms with van der Waals surface area (Å²) < 4.78 is 0. The van der Waals surface area contributed by atoms with Crippen molar-refractivity contribution in [2.24, 2.45) is 0 Å². The van der Waals surface area contributed by atoms with Crippen LogP contribution in [-0.4, -0.2) is 11.4 Å². The molecular weight excluding hydrogens is 350 g/mol. The van der Waals surface area contributed by atoms with Gasteiger partial charge in [0, 0.05) is 13.1 Å². The van der Waals surface area contributed by atoms with E-state index in [1.54, 1.807) is 0 Å². The highest BCUT2D eigenvalue weighted by Crippen LogP contribution is 2.13. The van der Waals surface area contributed by atoms with Gasteiger partial charge in [0.1, 0.15) is 0 Å². The molecule has 0 saturated carbocycles. The molecule has 158 valence electrons. The Bertz CT molecular complexity index is 590. The largest absolute Gasteiger partial charge is 0.295 e. The summed E-state index contributed by atoms with van der Waals surface area (Å²) in [4.78, 5) is 2.60. The fourth-order valence-electron chi connectivity index (χ4n) is 3.76. The summed E-state index contributed by atoms with van der Waals surface area (Å²) in [6, 6.07) is 21.8. The monoisotopic (exact) mass is 391 g/mol. The van der Waals surface area contributed by atoms with E-state index in [0.717, 1.165) is 13.1 Å². The quantitative estimate of drug-likeness (QED) is 0.206. The fraction of sp³-hybridized carbons (Fsp3) is 0.500. The summed E-state index contributed by atoms with van der Waals surface area (Å²) in [5, 5.41) is 0. The predicted molar refractivity (Wildman–Crippen MR) is 128 cm³/mol. The Kier molecular flexibility index (Phi) is 12.9. The third-order valence-electron chi connectivity index (χ3n) is 5.48. The molecule has 0 aliphatic carbocycles. The number of unbranched alkanes of at least 4 members (excludes halogenated alkanes) is 8. The van der Waals surface area contributed by atoms with Crippen LogP contribution in [0.25, 0.3) is 0 Å². The Morgan fingerprint density at radius 1 is 0.586 bits per heavy atom. The molecule has 1 nitrogen and oxygen atoms in total. The maximum Gasteiger partial charge on any atom is 0.0237 e. The van der Waals surface area contributed by atoms with Crippen molar-refractivity contribution in [3.8, 4) is 0 Å². The van der Waals surface area contributed by atoms with Gasteiger partial charge in [-0.15, -0.1) is 0 Å². The summed E-state index contributed by atoms with van der Waals surface area (Å²) in [7, 11) is 0. The van der Waals surface area contributed by atoms with Crippen molar-refractivity contribution in [1.29, 1.82) is 0 Å². The van der Waals surface area contributed by atoms with Crippen molar-refractivity contribution in [2.75, 3.05) is 6.54 Å². The van der Waals surface area contributed by atoms with Gasteiger partial charge in [-0.05, 0) is 43.4 Å². The number of nitrogens with zero attached hydrogens (tertiary/aromatic N) is 1. The normalized spacial score (nSPS) is 11.5. The minimum Gasteiger partial charge on any atom is -0.295 e. The third-order valence-corrected chi connectivity index (χ3v) is 5.48. The number of allylic oxidation sites excluding steroid dienone is 2. The van der Waals surface area contributed by atoms with E-state index in [4.69, 9.17) is 0 Å². The fourth-order valence-corrected chi connectivity index (χ4v) is 3.76. The van der Waals surface area contributed by atoms with Gasteiger partial charge in [0.05, 0.1) is 0 Å². The molecule has 0 atom stereocenters. The van der Waals surface area contributed by atoms with E-state index in [-0.39, 0.29) is 0 Å². The van der Waals surface area contributed by atoms with E-state index in [2.05, 4.69) is 84.6 Å². The second-order valence-electron chi connectivity index (χ2n) is 8.21. The third kappa shape index (κ3) is 11.7. The maximum absolute atomic E-state index is 2.60. The number of hydrogen-bond acceptors (Lipinski definition) is 1. The second-order valence-corrected chi connectivity index (χ2v) is 8.21. The molecule has 0 N–H and O–H groups in total. The first-order valence-corrected chi connectivity index (χ1v) is 11.8. The molecule has 2 aromatic rings. The van der Waals surface area contributed by atoms with Gasteiger partial charge >= 0.3 is 0 Å². The molecule has 0 aliphatic rings. The van der Waals surface area contributed by atoms with Crippen LogP contribution in [0.1, 0.15) is 82.3 Å². The average Bonchev–Trinajstić information content (AvgIpc) is 2.76. The minimum absolute atomic E-state index is 1.04. The predicted octanol–water partition coefficient (Wildman–Crippen LogP) is 8.17. The lowest BCUT2D eigenvalue weighted by atomic mass is 10.1. The number of benzene rings is 2. The zero-order valence-electron chi connectivity index (χ0n) is 18.6. The summed E-state index contributed by atoms with van der Waals surface area (Å²) in [6.45, 7) is 5.53. The van der Waals surface area contributed by atoms with Crippen molar-refractivity contribution in [3.05, 3.63) is 83.9 Å². The summed E-state index contributed by atoms with van der Waals surface area (Å²) >= 11 is 0. The van der Waals surface area contributed by atoms with Crippen molar-refractivity contribution < 1.29 is 0 Å². The first kappa shape index (κ1) is 23.4. The summed E-state index contributed by atoms with van der Waals surface area (Å²) in [5.74, 6) is 0. The van der Waals surface area contributed by atoms with Gasteiger partial charge in [-0.25, -0.2) is 0 Å². The first-order chi connectivity index (χ1) is 14.4. The van der Waals surface area contributed by atoms with Crippen LogP contribution in [0.5, 0.6) is 0 Å². The molecule has 0 unspecified atom stereocenters. The highest BCUT2D eigenvalue weighted by atomic mass is 15.1. The van der Waals surface area contributed by atoms with Crippen LogP contribution >= 0.6 is 0 Å². The Balaban J connectivity index is 1.61. The molecule has 0 fully saturated rings.